The van der Waals surface area contributed by atoms with Gasteiger partial charge in [0.25, 0.3) is 10.2 Å². The molecule has 1 aliphatic rings. The molecular weight excluding hydrogens is 171 g/mol. The van der Waals surface area contributed by atoms with Gasteiger partial charge in [0.15, 0.2) is 0 Å². The van der Waals surface area contributed by atoms with Gasteiger partial charge in [-0.05, 0) is 12.2 Å². The largest absolute Gasteiger partial charge is 0.298 e. The van der Waals surface area contributed by atoms with Crippen molar-refractivity contribution < 1.29 is 12.8 Å². The Bertz CT molecular complexity index is 306. The average Bonchev–Trinajstić information content (AvgIpc) is 1.86. The molecule has 0 aromatic carbocycles. The molecule has 1 heterocycles. The minimum absolute atomic E-state index is 0.310. The number of rotatable bonds is 1. The van der Waals surface area contributed by atoms with Crippen molar-refractivity contribution in [1.82, 2.24) is 4.31 Å². The van der Waals surface area contributed by atoms with Crippen LogP contribution >= 0.6 is 0 Å². The highest BCUT2D eigenvalue weighted by molar-refractivity contribution is 7.86. The van der Waals surface area contributed by atoms with Gasteiger partial charge in [-0.1, -0.05) is 0 Å². The van der Waals surface area contributed by atoms with E-state index in [1.54, 1.807) is 0 Å². The van der Waals surface area contributed by atoms with Gasteiger partial charge in [-0.25, -0.2) is 9.53 Å². The van der Waals surface area contributed by atoms with Crippen molar-refractivity contribution in [2.45, 2.75) is 0 Å². The van der Waals surface area contributed by atoms with Crippen molar-refractivity contribution in [2.24, 2.45) is 5.14 Å². The molecule has 1 aliphatic heterocycles. The van der Waals surface area contributed by atoms with Crippen LogP contribution in [0.1, 0.15) is 0 Å². The van der Waals surface area contributed by atoms with E-state index in [2.05, 4.69) is 0 Å². The van der Waals surface area contributed by atoms with E-state index < -0.39 is 16.0 Å². The van der Waals surface area contributed by atoms with E-state index in [1.165, 1.54) is 18.4 Å². The lowest BCUT2D eigenvalue weighted by Gasteiger charge is -2.17. The molecule has 62 valence electrons. The summed E-state index contributed by atoms with van der Waals surface area (Å²) < 4.78 is 34.3. The molecule has 0 atom stereocenters. The molecule has 0 aromatic rings. The van der Waals surface area contributed by atoms with Crippen molar-refractivity contribution in [3.05, 3.63) is 24.2 Å². The number of nitrogens with two attached hydrogens (primary N) is 1. The highest BCUT2D eigenvalue weighted by Crippen LogP contribution is 2.09. The standard InChI is InChI=1S/C5H7FN2O2S/c6-5-2-1-3-8(4-5)11(7,9)10/h1-3H,4H2,(H2,7,9,10). The Labute approximate surface area is 64.0 Å². The zero-order valence-electron chi connectivity index (χ0n) is 5.57. The summed E-state index contributed by atoms with van der Waals surface area (Å²) >= 11 is 0. The van der Waals surface area contributed by atoms with Gasteiger partial charge >= 0.3 is 0 Å². The Kier molecular flexibility index (Phi) is 1.97. The van der Waals surface area contributed by atoms with Crippen molar-refractivity contribution in [1.29, 1.82) is 0 Å². The highest BCUT2D eigenvalue weighted by atomic mass is 32.2. The van der Waals surface area contributed by atoms with Gasteiger partial charge in [-0.2, -0.15) is 8.42 Å². The summed E-state index contributed by atoms with van der Waals surface area (Å²) in [7, 11) is -3.79. The molecule has 11 heavy (non-hydrogen) atoms. The molecule has 6 heteroatoms. The quantitative estimate of drug-likeness (QED) is 0.608. The summed E-state index contributed by atoms with van der Waals surface area (Å²) in [5.41, 5.74) is 0. The molecule has 0 saturated carbocycles. The van der Waals surface area contributed by atoms with Crippen LogP contribution in [0, 0.1) is 0 Å². The third-order valence-electron chi connectivity index (χ3n) is 1.16. The molecule has 0 amide bonds. The second kappa shape index (κ2) is 2.63. The second-order valence-electron chi connectivity index (χ2n) is 2.05. The molecule has 0 aliphatic carbocycles. The van der Waals surface area contributed by atoms with Gasteiger partial charge in [-0.15, -0.1) is 0 Å². The van der Waals surface area contributed by atoms with Crippen LogP contribution in [0.3, 0.4) is 0 Å². The Morgan fingerprint density at radius 2 is 2.27 bits per heavy atom. The topological polar surface area (TPSA) is 63.4 Å². The molecule has 0 unspecified atom stereocenters. The van der Waals surface area contributed by atoms with E-state index in [1.807, 2.05) is 0 Å². The van der Waals surface area contributed by atoms with Gasteiger partial charge < -0.3 is 0 Å². The number of halogens is 1. The van der Waals surface area contributed by atoms with E-state index in [4.69, 9.17) is 5.14 Å². The van der Waals surface area contributed by atoms with Crippen LogP contribution < -0.4 is 5.14 Å². The van der Waals surface area contributed by atoms with Gasteiger partial charge in [-0.3, -0.25) is 4.31 Å². The predicted molar refractivity (Wildman–Crippen MR) is 38.1 cm³/mol. The lowest BCUT2D eigenvalue weighted by Crippen LogP contribution is -2.34. The molecule has 2 N–H and O–H groups in total. The normalized spacial score (nSPS) is 18.4. The maximum atomic E-state index is 12.4. The Hall–Kier alpha value is -0.880. The van der Waals surface area contributed by atoms with E-state index in [0.29, 0.717) is 0 Å². The first-order valence-corrected chi connectivity index (χ1v) is 4.33. The number of allylic oxidation sites excluding steroid dienone is 2. The minimum Gasteiger partial charge on any atom is -0.258 e. The van der Waals surface area contributed by atoms with Crippen molar-refractivity contribution in [3.63, 3.8) is 0 Å². The molecule has 4 nitrogen and oxygen atoms in total. The monoisotopic (exact) mass is 178 g/mol. The smallest absolute Gasteiger partial charge is 0.258 e. The van der Waals surface area contributed by atoms with Crippen LogP contribution in [0.25, 0.3) is 0 Å². The van der Waals surface area contributed by atoms with Crippen molar-refractivity contribution in [3.8, 4) is 0 Å². The van der Waals surface area contributed by atoms with Crippen LogP contribution in [-0.4, -0.2) is 19.3 Å². The summed E-state index contributed by atoms with van der Waals surface area (Å²) in [6, 6.07) is 0. The van der Waals surface area contributed by atoms with E-state index in [-0.39, 0.29) is 6.54 Å². The van der Waals surface area contributed by atoms with Crippen LogP contribution in [0.15, 0.2) is 24.2 Å². The Morgan fingerprint density at radius 1 is 1.64 bits per heavy atom. The van der Waals surface area contributed by atoms with Crippen LogP contribution in [-0.2, 0) is 10.2 Å². The molecule has 0 fully saturated rings. The average molecular weight is 178 g/mol. The predicted octanol–water partition coefficient (Wildman–Crippen LogP) is -0.127. The molecular formula is C5H7FN2O2S. The maximum absolute atomic E-state index is 12.4. The summed E-state index contributed by atoms with van der Waals surface area (Å²) in [5.74, 6) is -0.526. The Balaban J connectivity index is 2.83. The molecule has 0 bridgehead atoms. The molecule has 0 saturated heterocycles. The first-order chi connectivity index (χ1) is 5.00. The fourth-order valence-corrected chi connectivity index (χ4v) is 1.22. The van der Waals surface area contributed by atoms with Crippen LogP contribution in [0.2, 0.25) is 0 Å². The lowest BCUT2D eigenvalue weighted by atomic mass is 10.4. The first kappa shape index (κ1) is 8.22. The zero-order valence-corrected chi connectivity index (χ0v) is 6.38. The molecule has 1 rings (SSSR count). The fraction of sp³-hybridized carbons (Fsp3) is 0.200. The fourth-order valence-electron chi connectivity index (χ4n) is 0.673. The summed E-state index contributed by atoms with van der Waals surface area (Å²) in [6.45, 7) is -0.310. The minimum atomic E-state index is -3.79. The van der Waals surface area contributed by atoms with Crippen molar-refractivity contribution in [2.75, 3.05) is 6.54 Å². The first-order valence-electron chi connectivity index (χ1n) is 2.82. The third kappa shape index (κ3) is 2.02. The summed E-state index contributed by atoms with van der Waals surface area (Å²) in [5, 5.41) is 4.73. The Morgan fingerprint density at radius 3 is 2.64 bits per heavy atom. The van der Waals surface area contributed by atoms with E-state index in [0.717, 1.165) is 4.31 Å². The third-order valence-corrected chi connectivity index (χ3v) is 2.07. The molecule has 0 spiro atoms. The van der Waals surface area contributed by atoms with Gasteiger partial charge in [0.1, 0.15) is 5.83 Å². The van der Waals surface area contributed by atoms with Crippen LogP contribution in [0.5, 0.6) is 0 Å². The second-order valence-corrected chi connectivity index (χ2v) is 3.54. The molecule has 0 aromatic heterocycles. The van der Waals surface area contributed by atoms with E-state index in [9.17, 15) is 12.8 Å². The van der Waals surface area contributed by atoms with Gasteiger partial charge in [0.2, 0.25) is 0 Å². The number of hydrogen-bond donors (Lipinski definition) is 1. The number of nitrogens with zero attached hydrogens (tertiary/aromatic N) is 1. The van der Waals surface area contributed by atoms with Gasteiger partial charge in [0, 0.05) is 6.20 Å². The maximum Gasteiger partial charge on any atom is 0.298 e. The zero-order chi connectivity index (χ0) is 8.48. The summed E-state index contributed by atoms with van der Waals surface area (Å²) in [6.07, 6.45) is 3.67. The summed E-state index contributed by atoms with van der Waals surface area (Å²) in [4.78, 5) is 0. The van der Waals surface area contributed by atoms with Gasteiger partial charge in [0.05, 0.1) is 6.54 Å². The van der Waals surface area contributed by atoms with Crippen molar-refractivity contribution >= 4 is 10.2 Å². The van der Waals surface area contributed by atoms with E-state index >= 15 is 0 Å². The van der Waals surface area contributed by atoms with Crippen LogP contribution in [0.4, 0.5) is 4.39 Å². The lowest BCUT2D eigenvalue weighted by molar-refractivity contribution is 0.473. The highest BCUT2D eigenvalue weighted by Gasteiger charge is 2.15. The molecule has 0 radical (unpaired) electrons. The SMILES string of the molecule is NS(=O)(=O)N1C=CC=C(F)C1. The number of hydrogen-bond acceptors (Lipinski definition) is 2.